The molecular formula is C13H20BrNO. The maximum atomic E-state index is 5.24. The molecule has 1 aromatic carbocycles. The van der Waals surface area contributed by atoms with Gasteiger partial charge in [-0.15, -0.1) is 0 Å². The summed E-state index contributed by atoms with van der Waals surface area (Å²) in [5.74, 6) is 0.995. The van der Waals surface area contributed by atoms with Gasteiger partial charge in [0.1, 0.15) is 0 Å². The quantitative estimate of drug-likeness (QED) is 0.868. The van der Waals surface area contributed by atoms with Gasteiger partial charge in [0.25, 0.3) is 0 Å². The summed E-state index contributed by atoms with van der Waals surface area (Å²) in [5.41, 5.74) is 1.35. The Kier molecular flexibility index (Phi) is 6.03. The van der Waals surface area contributed by atoms with E-state index >= 15 is 0 Å². The molecule has 0 aliphatic rings. The van der Waals surface area contributed by atoms with Gasteiger partial charge in [0.2, 0.25) is 0 Å². The van der Waals surface area contributed by atoms with Crippen LogP contribution in [0.5, 0.6) is 0 Å². The van der Waals surface area contributed by atoms with E-state index in [1.165, 1.54) is 5.56 Å². The van der Waals surface area contributed by atoms with Crippen LogP contribution in [0.3, 0.4) is 0 Å². The average Bonchev–Trinajstić information content (AvgIpc) is 2.26. The van der Waals surface area contributed by atoms with Crippen molar-refractivity contribution in [3.8, 4) is 0 Å². The molecule has 0 radical (unpaired) electrons. The molecule has 2 nitrogen and oxygen atoms in total. The number of halogens is 1. The van der Waals surface area contributed by atoms with Crippen molar-refractivity contribution in [2.24, 2.45) is 5.92 Å². The molecule has 0 saturated carbocycles. The molecule has 90 valence electrons. The van der Waals surface area contributed by atoms with Gasteiger partial charge in [0.15, 0.2) is 0 Å². The minimum atomic E-state index is 0.488. The molecular weight excluding hydrogens is 266 g/mol. The number of nitrogens with one attached hydrogen (secondary N) is 1. The molecule has 16 heavy (non-hydrogen) atoms. The monoisotopic (exact) mass is 285 g/mol. The van der Waals surface area contributed by atoms with Crippen molar-refractivity contribution in [1.29, 1.82) is 0 Å². The minimum absolute atomic E-state index is 0.488. The van der Waals surface area contributed by atoms with E-state index in [9.17, 15) is 0 Å². The largest absolute Gasteiger partial charge is 0.384 e. The number of hydrogen-bond donors (Lipinski definition) is 1. The van der Waals surface area contributed by atoms with E-state index in [1.807, 2.05) is 7.05 Å². The fraction of sp³-hybridized carbons (Fsp3) is 0.538. The Morgan fingerprint density at radius 3 is 2.75 bits per heavy atom. The normalized spacial score (nSPS) is 14.8. The van der Waals surface area contributed by atoms with Gasteiger partial charge in [0.05, 0.1) is 0 Å². The van der Waals surface area contributed by atoms with E-state index in [-0.39, 0.29) is 0 Å². The van der Waals surface area contributed by atoms with E-state index in [0.29, 0.717) is 11.8 Å². The molecule has 0 aliphatic heterocycles. The van der Waals surface area contributed by atoms with E-state index in [2.05, 4.69) is 52.4 Å². The van der Waals surface area contributed by atoms with Gasteiger partial charge >= 0.3 is 0 Å². The van der Waals surface area contributed by atoms with E-state index < -0.39 is 0 Å². The number of ether oxygens (including phenoxy) is 1. The van der Waals surface area contributed by atoms with Crippen molar-refractivity contribution in [2.75, 3.05) is 27.3 Å². The highest BCUT2D eigenvalue weighted by atomic mass is 79.9. The molecule has 0 aromatic heterocycles. The van der Waals surface area contributed by atoms with Gasteiger partial charge in [0, 0.05) is 30.7 Å². The fourth-order valence-electron chi connectivity index (χ4n) is 1.98. The molecule has 1 rings (SSSR count). The minimum Gasteiger partial charge on any atom is -0.384 e. The molecule has 2 atom stereocenters. The molecule has 0 aliphatic carbocycles. The molecule has 0 spiro atoms. The van der Waals surface area contributed by atoms with Gasteiger partial charge in [-0.25, -0.2) is 0 Å². The maximum absolute atomic E-state index is 5.24. The molecule has 0 saturated heterocycles. The molecule has 0 bridgehead atoms. The molecule has 1 aromatic rings. The Morgan fingerprint density at radius 1 is 1.44 bits per heavy atom. The Morgan fingerprint density at radius 2 is 2.19 bits per heavy atom. The zero-order valence-electron chi connectivity index (χ0n) is 10.2. The lowest BCUT2D eigenvalue weighted by Gasteiger charge is -2.24. The Bertz CT molecular complexity index is 317. The maximum Gasteiger partial charge on any atom is 0.0494 e. The van der Waals surface area contributed by atoms with Crippen molar-refractivity contribution >= 4 is 15.9 Å². The van der Waals surface area contributed by atoms with Gasteiger partial charge in [-0.1, -0.05) is 35.0 Å². The van der Waals surface area contributed by atoms with E-state index in [4.69, 9.17) is 4.74 Å². The number of benzene rings is 1. The van der Waals surface area contributed by atoms with Crippen LogP contribution in [0.1, 0.15) is 18.4 Å². The van der Waals surface area contributed by atoms with Gasteiger partial charge in [-0.3, -0.25) is 0 Å². The lowest BCUT2D eigenvalue weighted by molar-refractivity contribution is 0.146. The van der Waals surface area contributed by atoms with Crippen LogP contribution < -0.4 is 5.32 Å². The first-order chi connectivity index (χ1) is 7.69. The third kappa shape index (κ3) is 3.89. The predicted octanol–water partition coefficient (Wildman–Crippen LogP) is 3.03. The predicted molar refractivity (Wildman–Crippen MR) is 71.8 cm³/mol. The molecule has 0 amide bonds. The van der Waals surface area contributed by atoms with Gasteiger partial charge in [-0.2, -0.15) is 0 Å². The highest BCUT2D eigenvalue weighted by molar-refractivity contribution is 9.10. The third-order valence-electron chi connectivity index (χ3n) is 2.82. The highest BCUT2D eigenvalue weighted by Gasteiger charge is 2.18. The number of rotatable bonds is 6. The van der Waals surface area contributed by atoms with Crippen molar-refractivity contribution in [2.45, 2.75) is 12.8 Å². The third-order valence-corrected chi connectivity index (χ3v) is 3.31. The summed E-state index contributed by atoms with van der Waals surface area (Å²) in [6, 6.07) is 8.51. The Balaban J connectivity index is 2.83. The summed E-state index contributed by atoms with van der Waals surface area (Å²) in [6.07, 6.45) is 0. The first-order valence-corrected chi connectivity index (χ1v) is 6.37. The highest BCUT2D eigenvalue weighted by Crippen LogP contribution is 2.26. The van der Waals surface area contributed by atoms with Crippen LogP contribution in [0.25, 0.3) is 0 Å². The van der Waals surface area contributed by atoms with Crippen LogP contribution in [0.4, 0.5) is 0 Å². The average molecular weight is 286 g/mol. The first-order valence-electron chi connectivity index (χ1n) is 5.58. The van der Waals surface area contributed by atoms with Crippen LogP contribution in [0.2, 0.25) is 0 Å². The summed E-state index contributed by atoms with van der Waals surface area (Å²) in [7, 11) is 3.75. The zero-order valence-corrected chi connectivity index (χ0v) is 11.8. The van der Waals surface area contributed by atoms with Gasteiger partial charge in [-0.05, 0) is 30.7 Å². The van der Waals surface area contributed by atoms with Gasteiger partial charge < -0.3 is 10.1 Å². The van der Waals surface area contributed by atoms with Crippen LogP contribution in [0, 0.1) is 5.92 Å². The summed E-state index contributed by atoms with van der Waals surface area (Å²) in [5, 5.41) is 3.25. The number of methoxy groups -OCH3 is 1. The second kappa shape index (κ2) is 7.05. The van der Waals surface area contributed by atoms with Crippen molar-refractivity contribution in [3.63, 3.8) is 0 Å². The summed E-state index contributed by atoms with van der Waals surface area (Å²) in [6.45, 7) is 3.99. The first kappa shape index (κ1) is 13.7. The Labute approximate surface area is 107 Å². The van der Waals surface area contributed by atoms with E-state index in [0.717, 1.165) is 17.6 Å². The standard InChI is InChI=1S/C13H20BrNO/c1-10(9-16-3)13(8-15-2)11-5-4-6-12(14)7-11/h4-7,10,13,15H,8-9H2,1-3H3. The summed E-state index contributed by atoms with van der Waals surface area (Å²) in [4.78, 5) is 0. The topological polar surface area (TPSA) is 21.3 Å². The Hall–Kier alpha value is -0.380. The second-order valence-corrected chi connectivity index (χ2v) is 5.07. The van der Waals surface area contributed by atoms with Crippen molar-refractivity contribution in [3.05, 3.63) is 34.3 Å². The fourth-order valence-corrected chi connectivity index (χ4v) is 2.40. The number of hydrogen-bond acceptors (Lipinski definition) is 2. The van der Waals surface area contributed by atoms with Crippen molar-refractivity contribution in [1.82, 2.24) is 5.32 Å². The van der Waals surface area contributed by atoms with E-state index in [1.54, 1.807) is 7.11 Å². The lowest BCUT2D eigenvalue weighted by atomic mass is 9.87. The van der Waals surface area contributed by atoms with Crippen molar-refractivity contribution < 1.29 is 4.74 Å². The molecule has 3 heteroatoms. The van der Waals surface area contributed by atoms with Crippen LogP contribution >= 0.6 is 15.9 Å². The SMILES string of the molecule is CNCC(c1cccc(Br)c1)C(C)COC. The smallest absolute Gasteiger partial charge is 0.0494 e. The van der Waals surface area contributed by atoms with Crippen LogP contribution in [-0.2, 0) is 4.74 Å². The lowest BCUT2D eigenvalue weighted by Crippen LogP contribution is -2.25. The summed E-state index contributed by atoms with van der Waals surface area (Å²) < 4.78 is 6.38. The molecule has 0 heterocycles. The molecule has 2 unspecified atom stereocenters. The number of likely N-dealkylation sites (N-methyl/N-ethyl adjacent to an activating group) is 1. The van der Waals surface area contributed by atoms with Crippen LogP contribution in [-0.4, -0.2) is 27.3 Å². The second-order valence-electron chi connectivity index (χ2n) is 4.15. The summed E-state index contributed by atoms with van der Waals surface area (Å²) >= 11 is 3.52. The zero-order chi connectivity index (χ0) is 12.0. The molecule has 1 N–H and O–H groups in total. The molecule has 0 fully saturated rings. The van der Waals surface area contributed by atoms with Crippen LogP contribution in [0.15, 0.2) is 28.7 Å².